The van der Waals surface area contributed by atoms with E-state index in [0.29, 0.717) is 31.2 Å². The predicted octanol–water partition coefficient (Wildman–Crippen LogP) is 3.31. The van der Waals surface area contributed by atoms with Crippen LogP contribution in [0.4, 0.5) is 18.3 Å². The normalized spacial score (nSPS) is 16.1. The first-order valence-corrected chi connectivity index (χ1v) is 7.56. The van der Waals surface area contributed by atoms with E-state index in [1.807, 2.05) is 0 Å². The Morgan fingerprint density at radius 1 is 1.55 bits per heavy atom. The fourth-order valence-corrected chi connectivity index (χ4v) is 3.49. The topological polar surface area (TPSA) is 42.4 Å². The van der Waals surface area contributed by atoms with E-state index in [1.54, 1.807) is 11.8 Å². The van der Waals surface area contributed by atoms with Crippen molar-refractivity contribution in [2.24, 2.45) is 5.92 Å². The molecule has 0 saturated carbocycles. The van der Waals surface area contributed by atoms with Crippen LogP contribution in [0.5, 0.6) is 0 Å². The first kappa shape index (κ1) is 15.6. The molecule has 112 valence electrons. The molecule has 0 spiro atoms. The number of rotatable bonds is 4. The maximum absolute atomic E-state index is 12.6. The van der Waals surface area contributed by atoms with Gasteiger partial charge in [-0.15, -0.1) is 0 Å². The summed E-state index contributed by atoms with van der Waals surface area (Å²) in [4.78, 5) is 16.6. The first-order valence-electron chi connectivity index (χ1n) is 5.95. The van der Waals surface area contributed by atoms with E-state index < -0.39 is 11.9 Å². The van der Waals surface area contributed by atoms with Gasteiger partial charge in [-0.05, 0) is 22.9 Å². The van der Waals surface area contributed by atoms with Crippen LogP contribution in [0.3, 0.4) is 0 Å². The maximum Gasteiger partial charge on any atom is 0.435 e. The quantitative estimate of drug-likeness (QED) is 0.760. The molecule has 1 aliphatic rings. The van der Waals surface area contributed by atoms with Gasteiger partial charge in [0, 0.05) is 19.0 Å². The van der Waals surface area contributed by atoms with E-state index in [0.717, 1.165) is 11.3 Å². The van der Waals surface area contributed by atoms with Crippen LogP contribution in [-0.2, 0) is 15.7 Å². The Hall–Kier alpha value is -0.830. The Bertz CT molecular complexity index is 500. The van der Waals surface area contributed by atoms with E-state index in [9.17, 15) is 18.0 Å². The Balaban J connectivity index is 1.92. The number of thiazole rings is 1. The SMILES string of the molecule is CCOC(=O)CC1CN(c2nc(C(F)(F)F)c(Br)s2)C1. The van der Waals surface area contributed by atoms with E-state index in [4.69, 9.17) is 4.74 Å². The number of alkyl halides is 3. The van der Waals surface area contributed by atoms with E-state index in [-0.39, 0.29) is 15.7 Å². The van der Waals surface area contributed by atoms with Crippen LogP contribution in [0.15, 0.2) is 3.79 Å². The number of aromatic nitrogens is 1. The molecular weight excluding hydrogens is 361 g/mol. The van der Waals surface area contributed by atoms with Crippen LogP contribution < -0.4 is 4.90 Å². The van der Waals surface area contributed by atoms with Crippen LogP contribution >= 0.6 is 27.3 Å². The van der Waals surface area contributed by atoms with Crippen molar-refractivity contribution in [3.63, 3.8) is 0 Å². The highest BCUT2D eigenvalue weighted by Crippen LogP contribution is 2.41. The molecule has 0 bridgehead atoms. The lowest BCUT2D eigenvalue weighted by atomic mass is 9.97. The molecule has 20 heavy (non-hydrogen) atoms. The molecule has 0 aromatic carbocycles. The summed E-state index contributed by atoms with van der Waals surface area (Å²) >= 11 is 3.84. The predicted molar refractivity (Wildman–Crippen MR) is 71.8 cm³/mol. The van der Waals surface area contributed by atoms with Gasteiger partial charge in [-0.2, -0.15) is 13.2 Å². The summed E-state index contributed by atoms with van der Waals surface area (Å²) in [6, 6.07) is 0. The van der Waals surface area contributed by atoms with E-state index in [2.05, 4.69) is 20.9 Å². The first-order chi connectivity index (χ1) is 9.31. The molecule has 0 N–H and O–H groups in total. The third kappa shape index (κ3) is 3.43. The number of esters is 1. The van der Waals surface area contributed by atoms with Crippen molar-refractivity contribution in [1.29, 1.82) is 0 Å². The Morgan fingerprint density at radius 2 is 2.20 bits per heavy atom. The fraction of sp³-hybridized carbons (Fsp3) is 0.636. The lowest BCUT2D eigenvalue weighted by Gasteiger charge is -2.38. The van der Waals surface area contributed by atoms with Gasteiger partial charge in [-0.3, -0.25) is 4.79 Å². The number of carbonyl (C=O) groups is 1. The molecule has 1 aliphatic heterocycles. The van der Waals surface area contributed by atoms with Crippen LogP contribution in [0, 0.1) is 5.92 Å². The van der Waals surface area contributed by atoms with Crippen molar-refractivity contribution in [2.75, 3.05) is 24.6 Å². The molecule has 0 unspecified atom stereocenters. The summed E-state index contributed by atoms with van der Waals surface area (Å²) in [7, 11) is 0. The minimum atomic E-state index is -4.46. The second-order valence-corrected chi connectivity index (χ2v) is 6.69. The van der Waals surface area contributed by atoms with Gasteiger partial charge in [0.2, 0.25) is 0 Å². The maximum atomic E-state index is 12.6. The van der Waals surface area contributed by atoms with Crippen molar-refractivity contribution >= 4 is 38.4 Å². The number of carbonyl (C=O) groups excluding carboxylic acids is 1. The summed E-state index contributed by atoms with van der Waals surface area (Å²) < 4.78 is 42.7. The van der Waals surface area contributed by atoms with Crippen molar-refractivity contribution in [2.45, 2.75) is 19.5 Å². The highest BCUT2D eigenvalue weighted by atomic mass is 79.9. The zero-order chi connectivity index (χ0) is 14.9. The average Bonchev–Trinajstić information content (AvgIpc) is 2.64. The molecule has 1 aromatic rings. The lowest BCUT2D eigenvalue weighted by Crippen LogP contribution is -2.47. The summed E-state index contributed by atoms with van der Waals surface area (Å²) in [5.41, 5.74) is -0.897. The molecule has 1 fully saturated rings. The standard InChI is InChI=1S/C11H12BrF3N2O2S/c1-2-19-7(18)3-6-4-17(5-6)10-16-8(9(12)20-10)11(13,14)15/h6H,2-5H2,1H3. The zero-order valence-corrected chi connectivity index (χ0v) is 12.9. The largest absolute Gasteiger partial charge is 0.466 e. The summed E-state index contributed by atoms with van der Waals surface area (Å²) in [5.74, 6) is -0.153. The summed E-state index contributed by atoms with van der Waals surface area (Å²) in [6.07, 6.45) is -4.16. The average molecular weight is 373 g/mol. The molecule has 1 saturated heterocycles. The number of anilines is 1. The number of nitrogens with zero attached hydrogens (tertiary/aromatic N) is 2. The van der Waals surface area contributed by atoms with Gasteiger partial charge < -0.3 is 9.64 Å². The van der Waals surface area contributed by atoms with E-state index in [1.165, 1.54) is 0 Å². The number of hydrogen-bond donors (Lipinski definition) is 0. The molecule has 0 aliphatic carbocycles. The molecule has 9 heteroatoms. The Kier molecular flexibility index (Phi) is 4.58. The lowest BCUT2D eigenvalue weighted by molar-refractivity contribution is -0.144. The number of hydrogen-bond acceptors (Lipinski definition) is 5. The second-order valence-electron chi connectivity index (χ2n) is 4.40. The van der Waals surface area contributed by atoms with Crippen molar-refractivity contribution in [3.8, 4) is 0 Å². The van der Waals surface area contributed by atoms with Crippen molar-refractivity contribution in [1.82, 2.24) is 4.98 Å². The highest BCUT2D eigenvalue weighted by molar-refractivity contribution is 9.11. The molecule has 1 aromatic heterocycles. The van der Waals surface area contributed by atoms with Crippen LogP contribution in [-0.4, -0.2) is 30.6 Å². The van der Waals surface area contributed by atoms with Crippen LogP contribution in [0.1, 0.15) is 19.0 Å². The molecule has 0 radical (unpaired) electrons. The monoisotopic (exact) mass is 372 g/mol. The van der Waals surface area contributed by atoms with Crippen LogP contribution in [0.25, 0.3) is 0 Å². The molecule has 4 nitrogen and oxygen atoms in total. The van der Waals surface area contributed by atoms with Crippen LogP contribution in [0.2, 0.25) is 0 Å². The van der Waals surface area contributed by atoms with Gasteiger partial charge in [-0.1, -0.05) is 11.3 Å². The zero-order valence-electron chi connectivity index (χ0n) is 10.5. The smallest absolute Gasteiger partial charge is 0.435 e. The minimum Gasteiger partial charge on any atom is -0.466 e. The van der Waals surface area contributed by atoms with Gasteiger partial charge in [0.15, 0.2) is 10.8 Å². The second kappa shape index (κ2) is 5.88. The molecular formula is C11H12BrF3N2O2S. The number of ether oxygens (including phenoxy) is 1. The molecule has 0 amide bonds. The minimum absolute atomic E-state index is 0.0196. The molecule has 0 atom stereocenters. The van der Waals surface area contributed by atoms with Gasteiger partial charge in [0.05, 0.1) is 13.0 Å². The summed E-state index contributed by atoms with van der Waals surface area (Å²) in [5, 5.41) is 0.323. The van der Waals surface area contributed by atoms with Gasteiger partial charge >= 0.3 is 12.1 Å². The summed E-state index contributed by atoms with van der Waals surface area (Å²) in [6.45, 7) is 3.12. The van der Waals surface area contributed by atoms with E-state index >= 15 is 0 Å². The molecule has 2 heterocycles. The Labute approximate surface area is 126 Å². The van der Waals surface area contributed by atoms with Gasteiger partial charge in [-0.25, -0.2) is 4.98 Å². The van der Waals surface area contributed by atoms with Gasteiger partial charge in [0.1, 0.15) is 3.79 Å². The Morgan fingerprint density at radius 3 is 2.70 bits per heavy atom. The van der Waals surface area contributed by atoms with Crippen molar-refractivity contribution < 1.29 is 22.7 Å². The third-order valence-electron chi connectivity index (χ3n) is 2.83. The molecule has 2 rings (SSSR count). The highest BCUT2D eigenvalue weighted by Gasteiger charge is 2.39. The third-order valence-corrected chi connectivity index (χ3v) is 4.60. The number of halogens is 4. The fourth-order valence-electron chi connectivity index (χ4n) is 1.91. The van der Waals surface area contributed by atoms with Crippen molar-refractivity contribution in [3.05, 3.63) is 9.48 Å². The van der Waals surface area contributed by atoms with Gasteiger partial charge in [0.25, 0.3) is 0 Å².